The Hall–Kier alpha value is -4.19. The third kappa shape index (κ3) is 5.54. The normalized spacial score (nSPS) is 13.4. The SMILES string of the molecule is O=C(NCC1CNNC1)c1cc(NC(=O)c2cc(-c3ccc(F)cn3)c(F)cc2Cl)n(-c2ccccc2)n1. The van der Waals surface area contributed by atoms with Crippen LogP contribution in [0.25, 0.3) is 16.9 Å². The molecular weight excluding hydrogens is 516 g/mol. The van der Waals surface area contributed by atoms with E-state index < -0.39 is 23.4 Å². The van der Waals surface area contributed by atoms with E-state index in [2.05, 4.69) is 31.6 Å². The van der Waals surface area contributed by atoms with Gasteiger partial charge in [-0.05, 0) is 36.4 Å². The molecule has 0 unspecified atom stereocenters. The molecule has 2 amide bonds. The molecule has 1 saturated heterocycles. The van der Waals surface area contributed by atoms with E-state index in [0.29, 0.717) is 12.2 Å². The molecular formula is C26H22ClF2N7O2. The number of hydrogen-bond acceptors (Lipinski definition) is 6. The predicted octanol–water partition coefficient (Wildman–Crippen LogP) is 3.57. The van der Waals surface area contributed by atoms with E-state index in [4.69, 9.17) is 11.6 Å². The number of para-hydroxylation sites is 1. The number of anilines is 1. The standard InChI is InChI=1S/C26H22ClF2N7O2/c27-20-9-21(29)19(22-7-6-16(28)14-30-22)8-18(20)25(37)34-24-10-23(26(38)31-11-15-12-32-33-13-15)35-36(24)17-4-2-1-3-5-17/h1-10,14-15,32-33H,11-13H2,(H,31,38)(H,34,37). The Morgan fingerprint density at radius 1 is 1.03 bits per heavy atom. The summed E-state index contributed by atoms with van der Waals surface area (Å²) in [6.45, 7) is 1.91. The van der Waals surface area contributed by atoms with Crippen LogP contribution < -0.4 is 21.5 Å². The third-order valence-electron chi connectivity index (χ3n) is 5.95. The fourth-order valence-electron chi connectivity index (χ4n) is 3.96. The molecule has 0 bridgehead atoms. The maximum atomic E-state index is 14.7. The van der Waals surface area contributed by atoms with Crippen molar-refractivity contribution < 1.29 is 18.4 Å². The van der Waals surface area contributed by atoms with Crippen LogP contribution >= 0.6 is 11.6 Å². The molecule has 0 radical (unpaired) electrons. The molecule has 3 heterocycles. The highest BCUT2D eigenvalue weighted by Gasteiger charge is 2.22. The number of hydrazine groups is 1. The second kappa shape index (κ2) is 11.1. The summed E-state index contributed by atoms with van der Waals surface area (Å²) in [6.07, 6.45) is 0.952. The Labute approximate surface area is 221 Å². The lowest BCUT2D eigenvalue weighted by molar-refractivity contribution is 0.0942. The highest BCUT2D eigenvalue weighted by atomic mass is 35.5. The molecule has 0 aliphatic carbocycles. The van der Waals surface area contributed by atoms with Gasteiger partial charge in [-0.3, -0.25) is 25.4 Å². The second-order valence-corrected chi connectivity index (χ2v) is 9.03. The van der Waals surface area contributed by atoms with Crippen molar-refractivity contribution in [3.63, 3.8) is 0 Å². The number of carbonyl (C=O) groups excluding carboxylic acids is 2. The van der Waals surface area contributed by atoms with Crippen molar-refractivity contribution in [2.24, 2.45) is 5.92 Å². The quantitative estimate of drug-likeness (QED) is 0.287. The van der Waals surface area contributed by atoms with E-state index in [1.165, 1.54) is 22.9 Å². The number of amides is 2. The molecule has 2 aromatic heterocycles. The zero-order valence-corrected chi connectivity index (χ0v) is 20.6. The number of carbonyl (C=O) groups is 2. The minimum absolute atomic E-state index is 0.0212. The minimum Gasteiger partial charge on any atom is -0.350 e. The summed E-state index contributed by atoms with van der Waals surface area (Å²) in [7, 11) is 0. The van der Waals surface area contributed by atoms with Gasteiger partial charge in [-0.2, -0.15) is 5.10 Å². The maximum Gasteiger partial charge on any atom is 0.271 e. The second-order valence-electron chi connectivity index (χ2n) is 8.63. The van der Waals surface area contributed by atoms with Gasteiger partial charge >= 0.3 is 0 Å². The van der Waals surface area contributed by atoms with Crippen LogP contribution in [0, 0.1) is 17.6 Å². The summed E-state index contributed by atoms with van der Waals surface area (Å²) in [6, 6.07) is 15.1. The Balaban J connectivity index is 1.44. The molecule has 5 rings (SSSR count). The monoisotopic (exact) mass is 537 g/mol. The highest BCUT2D eigenvalue weighted by molar-refractivity contribution is 6.34. The van der Waals surface area contributed by atoms with Gasteiger partial charge in [-0.15, -0.1) is 0 Å². The van der Waals surface area contributed by atoms with Crippen molar-refractivity contribution >= 4 is 29.2 Å². The number of nitrogens with one attached hydrogen (secondary N) is 4. The number of aromatic nitrogens is 3. The van der Waals surface area contributed by atoms with Crippen LogP contribution in [-0.4, -0.2) is 46.2 Å². The van der Waals surface area contributed by atoms with Gasteiger partial charge in [0.25, 0.3) is 11.8 Å². The summed E-state index contributed by atoms with van der Waals surface area (Å²) in [5.41, 5.74) is 6.80. The van der Waals surface area contributed by atoms with Crippen molar-refractivity contribution in [2.75, 3.05) is 25.0 Å². The average molecular weight is 538 g/mol. The number of benzene rings is 2. The van der Waals surface area contributed by atoms with Gasteiger partial charge in [0.2, 0.25) is 0 Å². The fourth-order valence-corrected chi connectivity index (χ4v) is 4.20. The van der Waals surface area contributed by atoms with Gasteiger partial charge in [-0.25, -0.2) is 13.5 Å². The first-order valence-electron chi connectivity index (χ1n) is 11.7. The van der Waals surface area contributed by atoms with Crippen LogP contribution in [0.4, 0.5) is 14.6 Å². The Bertz CT molecular complexity index is 1470. The van der Waals surface area contributed by atoms with Crippen LogP contribution in [0.1, 0.15) is 20.8 Å². The molecule has 194 valence electrons. The largest absolute Gasteiger partial charge is 0.350 e. The van der Waals surface area contributed by atoms with Crippen molar-refractivity contribution in [3.05, 3.63) is 94.8 Å². The third-order valence-corrected chi connectivity index (χ3v) is 6.26. The van der Waals surface area contributed by atoms with Gasteiger partial charge in [0.1, 0.15) is 17.5 Å². The first-order valence-corrected chi connectivity index (χ1v) is 12.1. The van der Waals surface area contributed by atoms with Crippen molar-refractivity contribution in [1.29, 1.82) is 0 Å². The molecule has 1 aliphatic rings. The van der Waals surface area contributed by atoms with Crippen LogP contribution in [0.15, 0.2) is 66.9 Å². The summed E-state index contributed by atoms with van der Waals surface area (Å²) < 4.78 is 29.4. The molecule has 38 heavy (non-hydrogen) atoms. The van der Waals surface area contributed by atoms with Crippen LogP contribution in [0.2, 0.25) is 5.02 Å². The predicted molar refractivity (Wildman–Crippen MR) is 138 cm³/mol. The number of pyridine rings is 1. The lowest BCUT2D eigenvalue weighted by atomic mass is 10.1. The molecule has 4 aromatic rings. The lowest BCUT2D eigenvalue weighted by Crippen LogP contribution is -2.31. The van der Waals surface area contributed by atoms with Crippen LogP contribution in [0.5, 0.6) is 0 Å². The average Bonchev–Trinajstić information content (AvgIpc) is 3.59. The van der Waals surface area contributed by atoms with Crippen molar-refractivity contribution in [3.8, 4) is 16.9 Å². The first-order chi connectivity index (χ1) is 18.4. The van der Waals surface area contributed by atoms with E-state index in [9.17, 15) is 18.4 Å². The fraction of sp³-hybridized carbons (Fsp3) is 0.154. The van der Waals surface area contributed by atoms with Gasteiger partial charge in [0.15, 0.2) is 5.69 Å². The van der Waals surface area contributed by atoms with Crippen molar-refractivity contribution in [1.82, 2.24) is 30.9 Å². The van der Waals surface area contributed by atoms with Gasteiger partial charge < -0.3 is 10.6 Å². The number of halogens is 3. The van der Waals surface area contributed by atoms with Crippen molar-refractivity contribution in [2.45, 2.75) is 0 Å². The van der Waals surface area contributed by atoms with Crippen LogP contribution in [-0.2, 0) is 0 Å². The van der Waals surface area contributed by atoms with E-state index in [0.717, 1.165) is 31.4 Å². The minimum atomic E-state index is -0.716. The Kier molecular flexibility index (Phi) is 7.40. The molecule has 0 spiro atoms. The van der Waals surface area contributed by atoms with Crippen LogP contribution in [0.3, 0.4) is 0 Å². The molecule has 0 saturated carbocycles. The van der Waals surface area contributed by atoms with E-state index in [-0.39, 0.29) is 39.3 Å². The van der Waals surface area contributed by atoms with E-state index in [1.54, 1.807) is 24.3 Å². The summed E-state index contributed by atoms with van der Waals surface area (Å²) in [4.78, 5) is 30.0. The summed E-state index contributed by atoms with van der Waals surface area (Å²) >= 11 is 6.21. The molecule has 0 atom stereocenters. The zero-order chi connectivity index (χ0) is 26.6. The topological polar surface area (TPSA) is 113 Å². The smallest absolute Gasteiger partial charge is 0.271 e. The molecule has 1 aliphatic heterocycles. The van der Waals surface area contributed by atoms with E-state index in [1.807, 2.05) is 6.07 Å². The molecule has 9 nitrogen and oxygen atoms in total. The lowest BCUT2D eigenvalue weighted by Gasteiger charge is -2.11. The van der Waals surface area contributed by atoms with E-state index >= 15 is 0 Å². The van der Waals surface area contributed by atoms with Gasteiger partial charge in [0, 0.05) is 37.2 Å². The number of rotatable bonds is 7. The Morgan fingerprint density at radius 2 is 1.79 bits per heavy atom. The maximum absolute atomic E-state index is 14.7. The number of hydrogen-bond donors (Lipinski definition) is 4. The number of nitrogens with zero attached hydrogens (tertiary/aromatic N) is 3. The molecule has 2 aromatic carbocycles. The van der Waals surface area contributed by atoms with Gasteiger partial charge in [-0.1, -0.05) is 29.8 Å². The highest BCUT2D eigenvalue weighted by Crippen LogP contribution is 2.29. The summed E-state index contributed by atoms with van der Waals surface area (Å²) in [5.74, 6) is -1.91. The van der Waals surface area contributed by atoms with Gasteiger partial charge in [0.05, 0.1) is 28.2 Å². The molecule has 12 heteroatoms. The zero-order valence-electron chi connectivity index (χ0n) is 19.8. The molecule has 4 N–H and O–H groups in total. The molecule has 1 fully saturated rings. The Morgan fingerprint density at radius 3 is 2.50 bits per heavy atom. The summed E-state index contributed by atoms with van der Waals surface area (Å²) in [5, 5.41) is 9.85. The first kappa shape index (κ1) is 25.5.